The van der Waals surface area contributed by atoms with Gasteiger partial charge in [0, 0.05) is 12.1 Å². The molecule has 0 heterocycles. The van der Waals surface area contributed by atoms with Crippen molar-refractivity contribution in [3.05, 3.63) is 12.2 Å². The van der Waals surface area contributed by atoms with E-state index in [1.165, 1.54) is 38.5 Å². The number of hydrogen-bond acceptors (Lipinski definition) is 1. The topological polar surface area (TPSA) is 12.0 Å². The summed E-state index contributed by atoms with van der Waals surface area (Å²) in [6.07, 6.45) is 12.7. The van der Waals surface area contributed by atoms with Crippen molar-refractivity contribution in [2.24, 2.45) is 10.8 Å². The predicted molar refractivity (Wildman–Crippen MR) is 75.1 cm³/mol. The Bertz CT molecular complexity index is 272. The minimum atomic E-state index is 0.498. The van der Waals surface area contributed by atoms with Crippen LogP contribution in [0.4, 0.5) is 0 Å². The summed E-state index contributed by atoms with van der Waals surface area (Å²) in [5, 5.41) is 3.88. The highest BCUT2D eigenvalue weighted by Crippen LogP contribution is 2.45. The quantitative estimate of drug-likeness (QED) is 0.704. The minimum Gasteiger partial charge on any atom is -0.308 e. The average molecular weight is 235 g/mol. The molecule has 0 radical (unpaired) electrons. The first-order valence-corrected chi connectivity index (χ1v) is 7.29. The molecule has 1 nitrogen and oxygen atoms in total. The van der Waals surface area contributed by atoms with Gasteiger partial charge in [0.25, 0.3) is 0 Å². The van der Waals surface area contributed by atoms with Gasteiger partial charge < -0.3 is 5.32 Å². The minimum absolute atomic E-state index is 0.498. The van der Waals surface area contributed by atoms with Crippen LogP contribution in [-0.4, -0.2) is 12.1 Å². The predicted octanol–water partition coefficient (Wildman–Crippen LogP) is 4.29. The number of allylic oxidation sites excluding steroid dienone is 1. The Labute approximate surface area is 107 Å². The lowest BCUT2D eigenvalue weighted by Gasteiger charge is -2.46. The van der Waals surface area contributed by atoms with E-state index in [1.807, 2.05) is 0 Å². The molecule has 0 bridgehead atoms. The van der Waals surface area contributed by atoms with E-state index >= 15 is 0 Å². The second kappa shape index (κ2) is 4.76. The van der Waals surface area contributed by atoms with Crippen molar-refractivity contribution in [3.8, 4) is 0 Å². The number of rotatable bonds is 2. The summed E-state index contributed by atoms with van der Waals surface area (Å²) < 4.78 is 0. The zero-order valence-corrected chi connectivity index (χ0v) is 12.1. The maximum atomic E-state index is 3.88. The van der Waals surface area contributed by atoms with Crippen molar-refractivity contribution < 1.29 is 0 Å². The molecule has 0 amide bonds. The van der Waals surface area contributed by atoms with Crippen molar-refractivity contribution in [1.82, 2.24) is 5.32 Å². The van der Waals surface area contributed by atoms with Crippen LogP contribution in [0.25, 0.3) is 0 Å². The first kappa shape index (κ1) is 13.1. The Hall–Kier alpha value is -0.300. The molecule has 1 heteroatoms. The smallest absolute Gasteiger partial charge is 0.0252 e. The second-order valence-electron chi connectivity index (χ2n) is 7.74. The summed E-state index contributed by atoms with van der Waals surface area (Å²) >= 11 is 0. The Morgan fingerprint density at radius 3 is 2.24 bits per heavy atom. The van der Waals surface area contributed by atoms with E-state index in [0.29, 0.717) is 22.9 Å². The van der Waals surface area contributed by atoms with Gasteiger partial charge in [-0.2, -0.15) is 0 Å². The van der Waals surface area contributed by atoms with Gasteiger partial charge in [0.2, 0.25) is 0 Å². The summed E-state index contributed by atoms with van der Waals surface area (Å²) in [6.45, 7) is 9.72. The third kappa shape index (κ3) is 3.84. The van der Waals surface area contributed by atoms with Crippen LogP contribution in [0.5, 0.6) is 0 Å². The van der Waals surface area contributed by atoms with E-state index in [0.717, 1.165) is 0 Å². The van der Waals surface area contributed by atoms with E-state index < -0.39 is 0 Å². The summed E-state index contributed by atoms with van der Waals surface area (Å²) in [7, 11) is 0. The molecular weight excluding hydrogens is 206 g/mol. The molecule has 1 N–H and O–H groups in total. The van der Waals surface area contributed by atoms with Gasteiger partial charge in [-0.3, -0.25) is 0 Å². The molecule has 0 aliphatic heterocycles. The van der Waals surface area contributed by atoms with Crippen LogP contribution in [0.2, 0.25) is 0 Å². The van der Waals surface area contributed by atoms with Crippen molar-refractivity contribution in [1.29, 1.82) is 0 Å². The first-order valence-electron chi connectivity index (χ1n) is 7.29. The monoisotopic (exact) mass is 235 g/mol. The lowest BCUT2D eigenvalue weighted by atomic mass is 9.63. The molecule has 17 heavy (non-hydrogen) atoms. The molecule has 1 fully saturated rings. The third-order valence-electron chi connectivity index (χ3n) is 4.26. The molecular formula is C16H29N. The molecule has 0 aromatic rings. The maximum Gasteiger partial charge on any atom is 0.0252 e. The van der Waals surface area contributed by atoms with Gasteiger partial charge in [-0.15, -0.1) is 0 Å². The molecule has 2 rings (SSSR count). The van der Waals surface area contributed by atoms with Gasteiger partial charge in [0.05, 0.1) is 0 Å². The largest absolute Gasteiger partial charge is 0.308 e. The van der Waals surface area contributed by atoms with Gasteiger partial charge in [-0.1, -0.05) is 39.8 Å². The number of hydrogen-bond donors (Lipinski definition) is 1. The molecule has 0 saturated heterocycles. The van der Waals surface area contributed by atoms with Gasteiger partial charge in [-0.25, -0.2) is 0 Å². The zero-order valence-electron chi connectivity index (χ0n) is 12.1. The Morgan fingerprint density at radius 1 is 1.06 bits per heavy atom. The summed E-state index contributed by atoms with van der Waals surface area (Å²) in [6, 6.07) is 1.35. The molecule has 1 saturated carbocycles. The summed E-state index contributed by atoms with van der Waals surface area (Å²) in [5.41, 5.74) is 0.996. The van der Waals surface area contributed by atoms with E-state index in [1.54, 1.807) is 0 Å². The van der Waals surface area contributed by atoms with Crippen molar-refractivity contribution in [2.45, 2.75) is 78.3 Å². The average Bonchev–Trinajstić information content (AvgIpc) is 2.13. The molecule has 98 valence electrons. The molecule has 2 aliphatic rings. The second-order valence-corrected chi connectivity index (χ2v) is 7.74. The van der Waals surface area contributed by atoms with E-state index in [9.17, 15) is 0 Å². The fourth-order valence-corrected chi connectivity index (χ4v) is 4.22. The van der Waals surface area contributed by atoms with E-state index in [-0.39, 0.29) is 0 Å². The van der Waals surface area contributed by atoms with Crippen LogP contribution >= 0.6 is 0 Å². The highest BCUT2D eigenvalue weighted by atomic mass is 15.0. The molecule has 1 unspecified atom stereocenters. The standard InChI is InChI=1S/C16H29N/c1-15(2)10-14(11-16(3,4)12-15)17-13-8-6-5-7-9-13/h6,8,13-14,17H,5,7,9-12H2,1-4H3. The van der Waals surface area contributed by atoms with Gasteiger partial charge in [0.15, 0.2) is 0 Å². The van der Waals surface area contributed by atoms with E-state index in [4.69, 9.17) is 0 Å². The van der Waals surface area contributed by atoms with Crippen LogP contribution < -0.4 is 5.32 Å². The maximum absolute atomic E-state index is 3.88. The lowest BCUT2D eigenvalue weighted by Crippen LogP contribution is -2.47. The number of nitrogens with one attached hydrogen (secondary N) is 1. The molecule has 1 atom stereocenters. The fraction of sp³-hybridized carbons (Fsp3) is 0.875. The van der Waals surface area contributed by atoms with E-state index in [2.05, 4.69) is 45.2 Å². The highest BCUT2D eigenvalue weighted by Gasteiger charge is 2.38. The van der Waals surface area contributed by atoms with Crippen molar-refractivity contribution in [2.75, 3.05) is 0 Å². The highest BCUT2D eigenvalue weighted by molar-refractivity contribution is 5.01. The van der Waals surface area contributed by atoms with Crippen LogP contribution in [0.1, 0.15) is 66.2 Å². The van der Waals surface area contributed by atoms with Crippen LogP contribution in [-0.2, 0) is 0 Å². The normalized spacial score (nSPS) is 32.6. The van der Waals surface area contributed by atoms with Gasteiger partial charge >= 0.3 is 0 Å². The Morgan fingerprint density at radius 2 is 1.71 bits per heavy atom. The third-order valence-corrected chi connectivity index (χ3v) is 4.26. The lowest BCUT2D eigenvalue weighted by molar-refractivity contribution is 0.0818. The van der Waals surface area contributed by atoms with Crippen molar-refractivity contribution in [3.63, 3.8) is 0 Å². The van der Waals surface area contributed by atoms with Crippen LogP contribution in [0, 0.1) is 10.8 Å². The summed E-state index contributed by atoms with van der Waals surface area (Å²) in [5.74, 6) is 0. The SMILES string of the molecule is CC1(C)CC(NC2C=CCCC2)CC(C)(C)C1. The van der Waals surface area contributed by atoms with Gasteiger partial charge in [-0.05, 0) is 49.4 Å². The molecule has 0 aromatic carbocycles. The fourth-order valence-electron chi connectivity index (χ4n) is 4.22. The van der Waals surface area contributed by atoms with Gasteiger partial charge in [0.1, 0.15) is 0 Å². The summed E-state index contributed by atoms with van der Waals surface area (Å²) in [4.78, 5) is 0. The molecule has 0 aromatic heterocycles. The Kier molecular flexibility index (Phi) is 3.68. The molecule has 2 aliphatic carbocycles. The first-order chi connectivity index (χ1) is 7.86. The Balaban J connectivity index is 1.96. The zero-order chi connectivity index (χ0) is 12.5. The van der Waals surface area contributed by atoms with Crippen LogP contribution in [0.15, 0.2) is 12.2 Å². The van der Waals surface area contributed by atoms with Crippen molar-refractivity contribution >= 4 is 0 Å². The van der Waals surface area contributed by atoms with Crippen LogP contribution in [0.3, 0.4) is 0 Å². The molecule has 0 spiro atoms.